The van der Waals surface area contributed by atoms with Crippen molar-refractivity contribution in [1.29, 1.82) is 0 Å². The standard InChI is InChI=1S/C12H24O2/c1-9(2)6-7-12(10(3)4)8-14-11(5)13/h9-10,12H,6-8H2,1-5H3/t12-/m0/s1. The smallest absolute Gasteiger partial charge is 0.302 e. The summed E-state index contributed by atoms with van der Waals surface area (Å²) in [4.78, 5) is 10.7. The zero-order valence-corrected chi connectivity index (χ0v) is 10.2. The predicted octanol–water partition coefficient (Wildman–Crippen LogP) is 3.26. The number of carbonyl (C=O) groups excluding carboxylic acids is 1. The van der Waals surface area contributed by atoms with Gasteiger partial charge in [0.15, 0.2) is 0 Å². The number of ether oxygens (including phenoxy) is 1. The summed E-state index contributed by atoms with van der Waals surface area (Å²) in [6, 6.07) is 0. The Kier molecular flexibility index (Phi) is 6.60. The number of carbonyl (C=O) groups is 1. The van der Waals surface area contributed by atoms with Crippen LogP contribution in [-0.4, -0.2) is 12.6 Å². The molecule has 0 spiro atoms. The summed E-state index contributed by atoms with van der Waals surface area (Å²) in [6.07, 6.45) is 2.37. The van der Waals surface area contributed by atoms with E-state index in [1.54, 1.807) is 0 Å². The fourth-order valence-electron chi connectivity index (χ4n) is 1.38. The van der Waals surface area contributed by atoms with E-state index in [4.69, 9.17) is 4.74 Å². The molecule has 0 saturated carbocycles. The quantitative estimate of drug-likeness (QED) is 0.615. The number of hydrogen-bond donors (Lipinski definition) is 0. The van der Waals surface area contributed by atoms with E-state index in [1.807, 2.05) is 0 Å². The van der Waals surface area contributed by atoms with Gasteiger partial charge in [0, 0.05) is 6.92 Å². The minimum Gasteiger partial charge on any atom is -0.466 e. The normalized spacial score (nSPS) is 13.4. The highest BCUT2D eigenvalue weighted by Crippen LogP contribution is 2.20. The molecule has 0 bridgehead atoms. The lowest BCUT2D eigenvalue weighted by Crippen LogP contribution is -2.18. The van der Waals surface area contributed by atoms with Gasteiger partial charge in [-0.15, -0.1) is 0 Å². The average Bonchev–Trinajstić information content (AvgIpc) is 2.02. The van der Waals surface area contributed by atoms with E-state index >= 15 is 0 Å². The molecule has 0 aliphatic heterocycles. The van der Waals surface area contributed by atoms with Crippen molar-refractivity contribution in [3.05, 3.63) is 0 Å². The lowest BCUT2D eigenvalue weighted by molar-refractivity contribution is -0.142. The third-order valence-corrected chi connectivity index (χ3v) is 2.56. The van der Waals surface area contributed by atoms with Crippen molar-refractivity contribution in [3.63, 3.8) is 0 Å². The second-order valence-corrected chi connectivity index (χ2v) is 4.78. The van der Waals surface area contributed by atoms with Gasteiger partial charge in [-0.05, 0) is 24.2 Å². The predicted molar refractivity (Wildman–Crippen MR) is 59.0 cm³/mol. The molecule has 14 heavy (non-hydrogen) atoms. The first-order chi connectivity index (χ1) is 6.43. The molecule has 84 valence electrons. The van der Waals surface area contributed by atoms with Crippen molar-refractivity contribution in [2.45, 2.75) is 47.5 Å². The van der Waals surface area contributed by atoms with Gasteiger partial charge in [-0.2, -0.15) is 0 Å². The molecule has 2 heteroatoms. The summed E-state index contributed by atoms with van der Waals surface area (Å²) in [5.74, 6) is 1.67. The Morgan fingerprint density at radius 1 is 1.14 bits per heavy atom. The number of hydrogen-bond acceptors (Lipinski definition) is 2. The highest BCUT2D eigenvalue weighted by Gasteiger charge is 2.15. The van der Waals surface area contributed by atoms with Gasteiger partial charge in [-0.3, -0.25) is 4.79 Å². The van der Waals surface area contributed by atoms with Crippen molar-refractivity contribution in [1.82, 2.24) is 0 Å². The van der Waals surface area contributed by atoms with Crippen LogP contribution < -0.4 is 0 Å². The average molecular weight is 200 g/mol. The van der Waals surface area contributed by atoms with Crippen molar-refractivity contribution < 1.29 is 9.53 Å². The maximum absolute atomic E-state index is 10.7. The summed E-state index contributed by atoms with van der Waals surface area (Å²) in [5, 5.41) is 0. The van der Waals surface area contributed by atoms with E-state index < -0.39 is 0 Å². The molecule has 2 nitrogen and oxygen atoms in total. The zero-order chi connectivity index (χ0) is 11.1. The van der Waals surface area contributed by atoms with Crippen LogP contribution in [0.2, 0.25) is 0 Å². The molecule has 1 atom stereocenters. The van der Waals surface area contributed by atoms with Crippen LogP contribution in [0.15, 0.2) is 0 Å². The topological polar surface area (TPSA) is 26.3 Å². The Hall–Kier alpha value is -0.530. The lowest BCUT2D eigenvalue weighted by atomic mass is 9.89. The van der Waals surface area contributed by atoms with Crippen molar-refractivity contribution in [2.75, 3.05) is 6.61 Å². The van der Waals surface area contributed by atoms with E-state index in [0.29, 0.717) is 18.4 Å². The van der Waals surface area contributed by atoms with Crippen LogP contribution >= 0.6 is 0 Å². The van der Waals surface area contributed by atoms with Gasteiger partial charge in [0.2, 0.25) is 0 Å². The van der Waals surface area contributed by atoms with E-state index in [9.17, 15) is 4.79 Å². The second-order valence-electron chi connectivity index (χ2n) is 4.78. The van der Waals surface area contributed by atoms with E-state index in [2.05, 4.69) is 27.7 Å². The van der Waals surface area contributed by atoms with Crippen molar-refractivity contribution in [3.8, 4) is 0 Å². The van der Waals surface area contributed by atoms with Crippen LogP contribution in [0.1, 0.15) is 47.5 Å². The minimum atomic E-state index is -0.166. The van der Waals surface area contributed by atoms with Crippen LogP contribution in [0, 0.1) is 17.8 Å². The summed E-state index contributed by atoms with van der Waals surface area (Å²) in [7, 11) is 0. The molecule has 0 saturated heterocycles. The number of esters is 1. The summed E-state index contributed by atoms with van der Waals surface area (Å²) < 4.78 is 5.06. The molecular weight excluding hydrogens is 176 g/mol. The monoisotopic (exact) mass is 200 g/mol. The van der Waals surface area contributed by atoms with Crippen LogP contribution in [0.5, 0.6) is 0 Å². The molecule has 0 aromatic rings. The Morgan fingerprint density at radius 2 is 1.71 bits per heavy atom. The Labute approximate surface area is 88.0 Å². The molecule has 0 aromatic carbocycles. The SMILES string of the molecule is CC(=O)OC[C@H](CCC(C)C)C(C)C. The van der Waals surface area contributed by atoms with Gasteiger partial charge < -0.3 is 4.74 Å². The van der Waals surface area contributed by atoms with E-state index in [-0.39, 0.29) is 5.97 Å². The van der Waals surface area contributed by atoms with E-state index in [1.165, 1.54) is 13.3 Å². The van der Waals surface area contributed by atoms with Crippen LogP contribution in [0.25, 0.3) is 0 Å². The van der Waals surface area contributed by atoms with Gasteiger partial charge in [-0.25, -0.2) is 0 Å². The van der Waals surface area contributed by atoms with Crippen LogP contribution in [0.4, 0.5) is 0 Å². The Morgan fingerprint density at radius 3 is 2.07 bits per heavy atom. The molecule has 0 aromatic heterocycles. The van der Waals surface area contributed by atoms with Gasteiger partial charge in [0.25, 0.3) is 0 Å². The number of rotatable bonds is 6. The molecule has 0 unspecified atom stereocenters. The molecule has 0 fully saturated rings. The second kappa shape index (κ2) is 6.86. The maximum Gasteiger partial charge on any atom is 0.302 e. The van der Waals surface area contributed by atoms with Crippen molar-refractivity contribution >= 4 is 5.97 Å². The zero-order valence-electron chi connectivity index (χ0n) is 10.2. The van der Waals surface area contributed by atoms with E-state index in [0.717, 1.165) is 12.3 Å². The Balaban J connectivity index is 3.84. The molecule has 0 rings (SSSR count). The van der Waals surface area contributed by atoms with Gasteiger partial charge in [0.1, 0.15) is 0 Å². The van der Waals surface area contributed by atoms with Crippen molar-refractivity contribution in [2.24, 2.45) is 17.8 Å². The summed E-state index contributed by atoms with van der Waals surface area (Å²) >= 11 is 0. The molecule has 0 aliphatic rings. The fourth-order valence-corrected chi connectivity index (χ4v) is 1.38. The van der Waals surface area contributed by atoms with Crippen LogP contribution in [0.3, 0.4) is 0 Å². The molecule has 0 radical (unpaired) electrons. The lowest BCUT2D eigenvalue weighted by Gasteiger charge is -2.21. The fraction of sp³-hybridized carbons (Fsp3) is 0.917. The first-order valence-electron chi connectivity index (χ1n) is 5.56. The molecule has 0 amide bonds. The largest absolute Gasteiger partial charge is 0.466 e. The minimum absolute atomic E-state index is 0.166. The summed E-state index contributed by atoms with van der Waals surface area (Å²) in [6.45, 7) is 10.9. The molecule has 0 N–H and O–H groups in total. The molecular formula is C12H24O2. The highest BCUT2D eigenvalue weighted by molar-refractivity contribution is 5.65. The third kappa shape index (κ3) is 6.93. The molecule has 0 aliphatic carbocycles. The first-order valence-corrected chi connectivity index (χ1v) is 5.56. The third-order valence-electron chi connectivity index (χ3n) is 2.56. The van der Waals surface area contributed by atoms with Crippen LogP contribution in [-0.2, 0) is 9.53 Å². The van der Waals surface area contributed by atoms with Gasteiger partial charge >= 0.3 is 5.97 Å². The highest BCUT2D eigenvalue weighted by atomic mass is 16.5. The van der Waals surface area contributed by atoms with Gasteiger partial charge in [0.05, 0.1) is 6.61 Å². The first kappa shape index (κ1) is 13.5. The molecule has 0 heterocycles. The Bertz CT molecular complexity index is 162. The maximum atomic E-state index is 10.7. The summed E-state index contributed by atoms with van der Waals surface area (Å²) in [5.41, 5.74) is 0. The van der Waals surface area contributed by atoms with Gasteiger partial charge in [-0.1, -0.05) is 34.1 Å².